The van der Waals surface area contributed by atoms with Crippen LogP contribution < -0.4 is 38.2 Å². The lowest BCUT2D eigenvalue weighted by molar-refractivity contribution is 1.08. The Kier molecular flexibility index (Phi) is 8.83. The molecule has 0 radical (unpaired) electrons. The van der Waals surface area contributed by atoms with Crippen molar-refractivity contribution in [1.29, 1.82) is 0 Å². The molecule has 266 valence electrons. The van der Waals surface area contributed by atoms with E-state index in [1.165, 1.54) is 91.1 Å². The first kappa shape index (κ1) is 36.3. The molecular formula is C47H36B7N3S. The summed E-state index contributed by atoms with van der Waals surface area (Å²) < 4.78 is 2.48. The maximum absolute atomic E-state index is 5.46. The molecule has 3 nitrogen and oxygen atoms in total. The number of rotatable bonds is 5. The highest BCUT2D eigenvalue weighted by atomic mass is 32.1. The molecule has 0 saturated heterocycles. The maximum Gasteiger partial charge on any atom is 0.164 e. The minimum Gasteiger partial charge on any atom is -0.208 e. The summed E-state index contributed by atoms with van der Waals surface area (Å²) in [5, 5.41) is 7.45. The number of nitrogens with zero attached hydrogens (tertiary/aromatic N) is 3. The van der Waals surface area contributed by atoms with E-state index in [0.29, 0.717) is 17.5 Å². The van der Waals surface area contributed by atoms with Gasteiger partial charge in [-0.05, 0) is 68.1 Å². The first-order valence-electron chi connectivity index (χ1n) is 20.0. The largest absolute Gasteiger partial charge is 0.208 e. The Labute approximate surface area is 349 Å². The molecule has 0 fully saturated rings. The van der Waals surface area contributed by atoms with Gasteiger partial charge in [0.25, 0.3) is 0 Å². The van der Waals surface area contributed by atoms with Crippen LogP contribution in [0.15, 0.2) is 133 Å². The Balaban J connectivity index is 1.18. The molecule has 0 bridgehead atoms. The Morgan fingerprint density at radius 2 is 0.897 bits per heavy atom. The van der Waals surface area contributed by atoms with Gasteiger partial charge in [-0.25, -0.2) is 15.0 Å². The molecule has 0 amide bonds. The zero-order valence-electron chi connectivity index (χ0n) is 34.0. The van der Waals surface area contributed by atoms with E-state index in [1.54, 1.807) is 0 Å². The average Bonchev–Trinajstić information content (AvgIpc) is 3.65. The van der Waals surface area contributed by atoms with Gasteiger partial charge in [-0.2, -0.15) is 0 Å². The van der Waals surface area contributed by atoms with Crippen molar-refractivity contribution in [2.75, 3.05) is 0 Å². The third-order valence-corrected chi connectivity index (χ3v) is 13.9. The quantitative estimate of drug-likeness (QED) is 0.244. The molecule has 0 unspecified atom stereocenters. The van der Waals surface area contributed by atoms with E-state index in [2.05, 4.69) is 188 Å². The molecule has 11 heteroatoms. The third kappa shape index (κ3) is 5.86. The van der Waals surface area contributed by atoms with E-state index in [-0.39, 0.29) is 0 Å². The molecule has 0 spiro atoms. The number of benzene rings is 8. The second-order valence-electron chi connectivity index (χ2n) is 15.8. The van der Waals surface area contributed by atoms with Crippen molar-refractivity contribution in [2.24, 2.45) is 0 Å². The van der Waals surface area contributed by atoms with Gasteiger partial charge < -0.3 is 0 Å². The van der Waals surface area contributed by atoms with Crippen LogP contribution in [0.25, 0.3) is 98.1 Å². The molecule has 10 rings (SSSR count). The van der Waals surface area contributed by atoms with Crippen LogP contribution in [0.3, 0.4) is 0 Å². The van der Waals surface area contributed by atoms with E-state index in [1.807, 2.05) is 11.3 Å². The lowest BCUT2D eigenvalue weighted by Crippen LogP contribution is -2.52. The fraction of sp³-hybridized carbons (Fsp3) is 0. The van der Waals surface area contributed by atoms with Crippen molar-refractivity contribution in [3.63, 3.8) is 0 Å². The first-order valence-corrected chi connectivity index (χ1v) is 20.8. The van der Waals surface area contributed by atoms with E-state index in [4.69, 9.17) is 15.0 Å². The Morgan fingerprint density at radius 1 is 0.345 bits per heavy atom. The molecule has 0 saturated carbocycles. The molecular weight excluding hydrogens is 714 g/mol. The minimum absolute atomic E-state index is 0.662. The van der Waals surface area contributed by atoms with Crippen LogP contribution in [0.2, 0.25) is 0 Å². The van der Waals surface area contributed by atoms with Crippen LogP contribution in [0.4, 0.5) is 0 Å². The standard InChI is InChI=1S/C47H36B7N3S/c48-38-35-36(40(50)44(54)43(38)53)39(49)42(52)41(51)37(35)47-56-45(55-46(57-47)31-12-6-14-33-34(31)30-11-3-4-13-32(30)58-33)29-10-5-9-27(22-29)24-15-17-25(18-16-24)28-20-19-23-7-1-2-8-26(23)21-28/h1-22H,48-54H2. The Bertz CT molecular complexity index is 3320. The van der Waals surface area contributed by atoms with Gasteiger partial charge in [-0.3, -0.25) is 0 Å². The molecule has 58 heavy (non-hydrogen) atoms. The number of fused-ring (bicyclic) bond motifs is 5. The van der Waals surface area contributed by atoms with Crippen LogP contribution in [-0.4, -0.2) is 69.9 Å². The van der Waals surface area contributed by atoms with Crippen LogP contribution in [0.5, 0.6) is 0 Å². The fourth-order valence-electron chi connectivity index (χ4n) is 8.98. The molecule has 0 N–H and O–H groups in total. The summed E-state index contributed by atoms with van der Waals surface area (Å²) >= 11 is 1.81. The van der Waals surface area contributed by atoms with E-state index >= 15 is 0 Å². The van der Waals surface area contributed by atoms with Crippen molar-refractivity contribution in [3.8, 4) is 56.4 Å². The monoisotopic (exact) mass is 751 g/mol. The highest BCUT2D eigenvalue weighted by Crippen LogP contribution is 2.40. The van der Waals surface area contributed by atoms with Crippen molar-refractivity contribution in [2.45, 2.75) is 0 Å². The number of hydrogen-bond donors (Lipinski definition) is 0. The van der Waals surface area contributed by atoms with Crippen LogP contribution in [-0.2, 0) is 0 Å². The van der Waals surface area contributed by atoms with Crippen molar-refractivity contribution < 1.29 is 0 Å². The highest BCUT2D eigenvalue weighted by Gasteiger charge is 2.23. The average molecular weight is 751 g/mol. The summed E-state index contributed by atoms with van der Waals surface area (Å²) in [4.78, 5) is 16.2. The van der Waals surface area contributed by atoms with E-state index in [9.17, 15) is 0 Å². The van der Waals surface area contributed by atoms with Crippen molar-refractivity contribution in [3.05, 3.63) is 133 Å². The van der Waals surface area contributed by atoms with Gasteiger partial charge in [0.2, 0.25) is 0 Å². The van der Waals surface area contributed by atoms with E-state index < -0.39 is 0 Å². The van der Waals surface area contributed by atoms with Crippen molar-refractivity contribution in [1.82, 2.24) is 15.0 Å². The molecule has 0 aliphatic rings. The minimum atomic E-state index is 0.662. The van der Waals surface area contributed by atoms with Crippen LogP contribution in [0, 0.1) is 0 Å². The second-order valence-corrected chi connectivity index (χ2v) is 16.9. The fourth-order valence-corrected chi connectivity index (χ4v) is 10.1. The summed E-state index contributed by atoms with van der Waals surface area (Å²) in [7, 11) is 15.8. The van der Waals surface area contributed by atoms with Gasteiger partial charge >= 0.3 is 0 Å². The molecule has 8 aromatic carbocycles. The smallest absolute Gasteiger partial charge is 0.164 e. The summed E-state index contributed by atoms with van der Waals surface area (Å²) in [5.74, 6) is 2.05. The predicted molar refractivity (Wildman–Crippen MR) is 272 cm³/mol. The molecule has 2 aromatic heterocycles. The van der Waals surface area contributed by atoms with Gasteiger partial charge in [0.15, 0.2) is 17.5 Å². The molecule has 10 aromatic rings. The van der Waals surface area contributed by atoms with Gasteiger partial charge in [-0.1, -0.05) is 131 Å². The third-order valence-electron chi connectivity index (χ3n) is 12.7. The number of thiophene rings is 1. The maximum atomic E-state index is 5.46. The molecule has 0 atom stereocenters. The molecule has 2 heterocycles. The summed E-state index contributed by atoms with van der Waals surface area (Å²) in [6.07, 6.45) is 0. The molecule has 0 aliphatic heterocycles. The van der Waals surface area contributed by atoms with Gasteiger partial charge in [0, 0.05) is 36.9 Å². The van der Waals surface area contributed by atoms with Crippen LogP contribution in [0.1, 0.15) is 0 Å². The normalized spacial score (nSPS) is 11.6. The topological polar surface area (TPSA) is 38.7 Å². The second kappa shape index (κ2) is 14.1. The summed E-state index contributed by atoms with van der Waals surface area (Å²) in [5.41, 5.74) is 16.8. The Morgan fingerprint density at radius 3 is 1.66 bits per heavy atom. The van der Waals surface area contributed by atoms with Gasteiger partial charge in [-0.15, -0.1) is 27.7 Å². The Hall–Kier alpha value is -6.04. The number of hydrogen-bond acceptors (Lipinski definition) is 4. The predicted octanol–water partition coefficient (Wildman–Crippen LogP) is 0.690. The zero-order valence-corrected chi connectivity index (χ0v) is 34.8. The van der Waals surface area contributed by atoms with Crippen molar-refractivity contribution >= 4 is 146 Å². The SMILES string of the molecule is Bc1c(B)c(B)c2c(-c3nc(-c4cccc(-c5ccc(-c6ccc7ccccc7c6)cc5)c4)nc(-c4cccc5sc6ccccc6c45)n3)c(B)c(B)c(B)c2c1B. The molecule has 0 aliphatic carbocycles. The van der Waals surface area contributed by atoms with Gasteiger partial charge in [0.1, 0.15) is 54.9 Å². The zero-order chi connectivity index (χ0) is 39.8. The first-order chi connectivity index (χ1) is 28.2. The van der Waals surface area contributed by atoms with Gasteiger partial charge in [0.05, 0.1) is 0 Å². The summed E-state index contributed by atoms with van der Waals surface area (Å²) in [6.45, 7) is 0. The van der Waals surface area contributed by atoms with E-state index in [0.717, 1.165) is 27.8 Å². The highest BCUT2D eigenvalue weighted by molar-refractivity contribution is 7.25. The lowest BCUT2D eigenvalue weighted by atomic mass is 9.59. The number of aromatic nitrogens is 3. The summed E-state index contributed by atoms with van der Waals surface area (Å²) in [6, 6.07) is 47.9. The van der Waals surface area contributed by atoms with Crippen LogP contribution >= 0.6 is 11.3 Å². The lowest BCUT2D eigenvalue weighted by Gasteiger charge is -2.24.